The molecule has 0 amide bonds. The molecular weight excluding hydrogens is 400 g/mol. The molecule has 0 aliphatic rings. The zero-order valence-corrected chi connectivity index (χ0v) is 19.6. The van der Waals surface area contributed by atoms with Crippen molar-refractivity contribution in [2.75, 3.05) is 0 Å². The van der Waals surface area contributed by atoms with Crippen LogP contribution in [-0.4, -0.2) is 24.9 Å². The molecule has 0 N–H and O–H groups in total. The summed E-state index contributed by atoms with van der Waals surface area (Å²) in [4.78, 5) is 22.4. The van der Waals surface area contributed by atoms with Crippen LogP contribution >= 0.6 is 0 Å². The normalized spacial score (nSPS) is 11.7. The summed E-state index contributed by atoms with van der Waals surface area (Å²) in [5.74, 6) is 1.37. The molecular formula is C26H34N4O2. The summed E-state index contributed by atoms with van der Waals surface area (Å²) in [7, 11) is 0. The Labute approximate surface area is 189 Å². The maximum atomic E-state index is 12.4. The van der Waals surface area contributed by atoms with Crippen LogP contribution in [0.2, 0.25) is 0 Å². The fraction of sp³-hybridized carbons (Fsp3) is 0.500. The molecule has 0 bridgehead atoms. The Morgan fingerprint density at radius 3 is 2.53 bits per heavy atom. The van der Waals surface area contributed by atoms with E-state index in [0.29, 0.717) is 12.2 Å². The van der Waals surface area contributed by atoms with E-state index in [2.05, 4.69) is 28.9 Å². The van der Waals surface area contributed by atoms with E-state index in [1.54, 1.807) is 0 Å². The predicted octanol–water partition coefficient (Wildman–Crippen LogP) is 6.47. The van der Waals surface area contributed by atoms with Crippen molar-refractivity contribution in [3.63, 3.8) is 0 Å². The highest BCUT2D eigenvalue weighted by Crippen LogP contribution is 2.34. The molecule has 0 spiro atoms. The number of rotatable bonds is 11. The van der Waals surface area contributed by atoms with Gasteiger partial charge in [0.2, 0.25) is 0 Å². The molecule has 0 atom stereocenters. The van der Waals surface area contributed by atoms with Gasteiger partial charge in [-0.05, 0) is 31.4 Å². The molecule has 1 aromatic carbocycles. The van der Waals surface area contributed by atoms with Gasteiger partial charge in [-0.1, -0.05) is 58.6 Å². The second kappa shape index (κ2) is 10.2. The lowest BCUT2D eigenvalue weighted by molar-refractivity contribution is -0.134. The Hall–Kier alpha value is -2.89. The Bertz CT molecular complexity index is 1220. The number of para-hydroxylation sites is 2. The molecule has 6 nitrogen and oxygen atoms in total. The minimum Gasteiger partial charge on any atom is -0.424 e. The first-order chi connectivity index (χ1) is 15.7. The second-order valence-corrected chi connectivity index (χ2v) is 8.56. The van der Waals surface area contributed by atoms with Crippen LogP contribution in [0.5, 0.6) is 5.75 Å². The Morgan fingerprint density at radius 1 is 0.938 bits per heavy atom. The first kappa shape index (κ1) is 22.3. The minimum absolute atomic E-state index is 0.207. The van der Waals surface area contributed by atoms with Crippen LogP contribution in [0, 0.1) is 0 Å². The molecule has 0 saturated carbocycles. The van der Waals surface area contributed by atoms with Gasteiger partial charge in [-0.2, -0.15) is 0 Å². The molecule has 0 saturated heterocycles. The molecule has 0 aliphatic carbocycles. The van der Waals surface area contributed by atoms with E-state index in [4.69, 9.17) is 14.7 Å². The van der Waals surface area contributed by atoms with Gasteiger partial charge in [0.15, 0.2) is 11.4 Å². The maximum Gasteiger partial charge on any atom is 0.311 e. The molecule has 6 heteroatoms. The quantitative estimate of drug-likeness (QED) is 0.201. The van der Waals surface area contributed by atoms with Gasteiger partial charge < -0.3 is 9.30 Å². The SMILES string of the molecule is CCCCCCCn1cc(OC(=O)CCC)c2c1nc(CCC)n1c3ccccc3nc21. The number of carbonyl (C=O) groups excluding carboxylic acids is 1. The van der Waals surface area contributed by atoms with E-state index < -0.39 is 0 Å². The van der Waals surface area contributed by atoms with E-state index in [9.17, 15) is 4.79 Å². The van der Waals surface area contributed by atoms with E-state index in [1.807, 2.05) is 31.3 Å². The van der Waals surface area contributed by atoms with Crippen LogP contribution in [-0.2, 0) is 17.8 Å². The van der Waals surface area contributed by atoms with Crippen molar-refractivity contribution in [3.05, 3.63) is 36.3 Å². The number of esters is 1. The molecule has 3 heterocycles. The van der Waals surface area contributed by atoms with Gasteiger partial charge in [-0.3, -0.25) is 9.20 Å². The number of imidazole rings is 1. The highest BCUT2D eigenvalue weighted by molar-refractivity contribution is 6.00. The molecule has 0 unspecified atom stereocenters. The van der Waals surface area contributed by atoms with Gasteiger partial charge in [0.05, 0.1) is 11.0 Å². The van der Waals surface area contributed by atoms with Crippen molar-refractivity contribution < 1.29 is 9.53 Å². The van der Waals surface area contributed by atoms with Crippen molar-refractivity contribution in [2.45, 2.75) is 85.1 Å². The molecule has 4 rings (SSSR count). The topological polar surface area (TPSA) is 61.4 Å². The molecule has 0 radical (unpaired) electrons. The Kier molecular flexibility index (Phi) is 7.08. The maximum absolute atomic E-state index is 12.4. The number of hydrogen-bond acceptors (Lipinski definition) is 4. The number of unbranched alkanes of at least 4 members (excludes halogenated alkanes) is 4. The minimum atomic E-state index is -0.207. The summed E-state index contributed by atoms with van der Waals surface area (Å²) in [6.45, 7) is 7.25. The second-order valence-electron chi connectivity index (χ2n) is 8.56. The van der Waals surface area contributed by atoms with E-state index in [0.717, 1.165) is 65.8 Å². The smallest absolute Gasteiger partial charge is 0.311 e. The molecule has 0 aliphatic heterocycles. The molecule has 4 aromatic rings. The van der Waals surface area contributed by atoms with Crippen molar-refractivity contribution in [2.24, 2.45) is 0 Å². The first-order valence-corrected chi connectivity index (χ1v) is 12.2. The number of benzene rings is 1. The average molecular weight is 435 g/mol. The van der Waals surface area contributed by atoms with Crippen molar-refractivity contribution in [1.82, 2.24) is 18.9 Å². The number of ether oxygens (including phenoxy) is 1. The Morgan fingerprint density at radius 2 is 1.75 bits per heavy atom. The summed E-state index contributed by atoms with van der Waals surface area (Å²) >= 11 is 0. The number of nitrogens with zero attached hydrogens (tertiary/aromatic N) is 4. The van der Waals surface area contributed by atoms with E-state index >= 15 is 0 Å². The number of aromatic nitrogens is 4. The summed E-state index contributed by atoms with van der Waals surface area (Å²) in [6.07, 6.45) is 11.0. The third-order valence-corrected chi connectivity index (χ3v) is 5.95. The third-order valence-electron chi connectivity index (χ3n) is 5.95. The van der Waals surface area contributed by atoms with Gasteiger partial charge in [-0.15, -0.1) is 0 Å². The van der Waals surface area contributed by atoms with Crippen LogP contribution in [0.3, 0.4) is 0 Å². The summed E-state index contributed by atoms with van der Waals surface area (Å²) in [6, 6.07) is 8.13. The van der Waals surface area contributed by atoms with Gasteiger partial charge in [0, 0.05) is 25.6 Å². The zero-order valence-electron chi connectivity index (χ0n) is 19.6. The average Bonchev–Trinajstić information content (AvgIpc) is 3.32. The molecule has 3 aromatic heterocycles. The van der Waals surface area contributed by atoms with Crippen LogP contribution in [0.25, 0.3) is 27.7 Å². The van der Waals surface area contributed by atoms with Crippen molar-refractivity contribution in [1.29, 1.82) is 0 Å². The van der Waals surface area contributed by atoms with Gasteiger partial charge in [0.25, 0.3) is 0 Å². The standard InChI is InChI=1S/C26H34N4O2/c1-4-7-8-9-12-17-29-18-21(32-23(31)14-6-3)24-25(29)28-22(13-5-2)30-20-16-11-10-15-19(20)27-26(24)30/h10-11,15-16,18H,4-9,12-14,17H2,1-3H3. The largest absolute Gasteiger partial charge is 0.424 e. The predicted molar refractivity (Wildman–Crippen MR) is 129 cm³/mol. The van der Waals surface area contributed by atoms with Crippen LogP contribution in [0.4, 0.5) is 0 Å². The van der Waals surface area contributed by atoms with E-state index in [1.165, 1.54) is 25.7 Å². The highest BCUT2D eigenvalue weighted by atomic mass is 16.5. The summed E-state index contributed by atoms with van der Waals surface area (Å²) in [5, 5.41) is 0.832. The lowest BCUT2D eigenvalue weighted by Gasteiger charge is -2.09. The fourth-order valence-electron chi connectivity index (χ4n) is 4.38. The van der Waals surface area contributed by atoms with Crippen LogP contribution in [0.1, 0.15) is 78.0 Å². The van der Waals surface area contributed by atoms with E-state index in [-0.39, 0.29) is 5.97 Å². The van der Waals surface area contributed by atoms with Gasteiger partial charge in [0.1, 0.15) is 16.9 Å². The lowest BCUT2D eigenvalue weighted by Crippen LogP contribution is -2.07. The molecule has 32 heavy (non-hydrogen) atoms. The third kappa shape index (κ3) is 4.36. The lowest BCUT2D eigenvalue weighted by atomic mass is 10.1. The molecule has 0 fully saturated rings. The molecule has 170 valence electrons. The monoisotopic (exact) mass is 434 g/mol. The first-order valence-electron chi connectivity index (χ1n) is 12.2. The van der Waals surface area contributed by atoms with Gasteiger partial charge in [-0.25, -0.2) is 9.97 Å². The van der Waals surface area contributed by atoms with Crippen LogP contribution < -0.4 is 4.74 Å². The number of fused-ring (bicyclic) bond motifs is 5. The summed E-state index contributed by atoms with van der Waals surface area (Å²) in [5.41, 5.74) is 3.66. The van der Waals surface area contributed by atoms with Crippen molar-refractivity contribution >= 4 is 33.7 Å². The van der Waals surface area contributed by atoms with Gasteiger partial charge >= 0.3 is 5.97 Å². The number of carbonyl (C=O) groups is 1. The highest BCUT2D eigenvalue weighted by Gasteiger charge is 2.22. The van der Waals surface area contributed by atoms with Crippen molar-refractivity contribution in [3.8, 4) is 5.75 Å². The number of aryl methyl sites for hydroxylation is 2. The Balaban J connectivity index is 1.87. The summed E-state index contributed by atoms with van der Waals surface area (Å²) < 4.78 is 10.1. The number of hydrogen-bond donors (Lipinski definition) is 0. The zero-order chi connectivity index (χ0) is 22.5. The van der Waals surface area contributed by atoms with Crippen LogP contribution in [0.15, 0.2) is 30.5 Å². The fourth-order valence-corrected chi connectivity index (χ4v) is 4.38.